The van der Waals surface area contributed by atoms with Crippen LogP contribution in [-0.2, 0) is 0 Å². The highest BCUT2D eigenvalue weighted by molar-refractivity contribution is 7.99. The molecule has 1 heterocycles. The molecule has 3 heteroatoms. The molecule has 0 aromatic carbocycles. The third kappa shape index (κ3) is 3.97. The second kappa shape index (κ2) is 6.12. The zero-order chi connectivity index (χ0) is 11.3. The van der Waals surface area contributed by atoms with Gasteiger partial charge in [-0.25, -0.2) is 0 Å². The van der Waals surface area contributed by atoms with Crippen LogP contribution in [0.3, 0.4) is 0 Å². The molecule has 1 aliphatic rings. The molecule has 1 fully saturated rings. The second-order valence-corrected chi connectivity index (χ2v) is 6.30. The van der Waals surface area contributed by atoms with Crippen molar-refractivity contribution in [2.75, 3.05) is 31.7 Å². The first-order valence-electron chi connectivity index (χ1n) is 6.00. The highest BCUT2D eigenvalue weighted by atomic mass is 32.2. The normalized spacial score (nSPS) is 25.8. The van der Waals surface area contributed by atoms with E-state index >= 15 is 0 Å². The number of hydrogen-bond donors (Lipinski definition) is 1. The molecule has 15 heavy (non-hydrogen) atoms. The van der Waals surface area contributed by atoms with Gasteiger partial charge in [0.1, 0.15) is 0 Å². The maximum Gasteiger partial charge on any atom is 0.0497 e. The highest BCUT2D eigenvalue weighted by Crippen LogP contribution is 2.27. The van der Waals surface area contributed by atoms with Crippen LogP contribution in [0.25, 0.3) is 0 Å². The fraction of sp³-hybridized carbons (Fsp3) is 1.00. The minimum absolute atomic E-state index is 0.0940. The summed E-state index contributed by atoms with van der Waals surface area (Å²) in [5, 5.41) is 9.48. The van der Waals surface area contributed by atoms with Crippen LogP contribution in [0.1, 0.15) is 33.1 Å². The summed E-state index contributed by atoms with van der Waals surface area (Å²) >= 11 is 2.05. The zero-order valence-electron chi connectivity index (χ0n) is 10.3. The first-order valence-corrected chi connectivity index (χ1v) is 7.15. The van der Waals surface area contributed by atoms with Crippen LogP contribution in [-0.4, -0.2) is 47.8 Å². The number of thioether (sulfide) groups is 1. The minimum Gasteiger partial charge on any atom is -0.396 e. The first kappa shape index (κ1) is 13.3. The van der Waals surface area contributed by atoms with Crippen molar-refractivity contribution in [3.05, 3.63) is 0 Å². The van der Waals surface area contributed by atoms with Gasteiger partial charge >= 0.3 is 0 Å². The Morgan fingerprint density at radius 2 is 2.27 bits per heavy atom. The molecular formula is C12H25NOS. The zero-order valence-corrected chi connectivity index (χ0v) is 11.1. The van der Waals surface area contributed by atoms with Gasteiger partial charge in [0.2, 0.25) is 0 Å². The Labute approximate surface area is 98.4 Å². The van der Waals surface area contributed by atoms with E-state index in [1.54, 1.807) is 0 Å². The van der Waals surface area contributed by atoms with Crippen molar-refractivity contribution in [2.24, 2.45) is 5.41 Å². The molecule has 1 rings (SSSR count). The quantitative estimate of drug-likeness (QED) is 0.758. The summed E-state index contributed by atoms with van der Waals surface area (Å²) in [7, 11) is 2.21. The van der Waals surface area contributed by atoms with Gasteiger partial charge in [0, 0.05) is 30.4 Å². The van der Waals surface area contributed by atoms with E-state index in [-0.39, 0.29) is 5.41 Å². The Morgan fingerprint density at radius 3 is 2.73 bits per heavy atom. The molecule has 0 spiro atoms. The van der Waals surface area contributed by atoms with Gasteiger partial charge in [0.25, 0.3) is 0 Å². The maximum atomic E-state index is 9.48. The smallest absolute Gasteiger partial charge is 0.0497 e. The van der Waals surface area contributed by atoms with E-state index in [9.17, 15) is 5.11 Å². The lowest BCUT2D eigenvalue weighted by molar-refractivity contribution is 0.0774. The van der Waals surface area contributed by atoms with Gasteiger partial charge in [0.05, 0.1) is 0 Å². The van der Waals surface area contributed by atoms with Gasteiger partial charge in [-0.1, -0.05) is 20.3 Å². The number of nitrogens with zero attached hydrogens (tertiary/aromatic N) is 1. The predicted molar refractivity (Wildman–Crippen MR) is 68.5 cm³/mol. The van der Waals surface area contributed by atoms with Gasteiger partial charge in [-0.15, -0.1) is 0 Å². The molecule has 0 aromatic heterocycles. The van der Waals surface area contributed by atoms with Gasteiger partial charge < -0.3 is 10.0 Å². The molecule has 2 unspecified atom stereocenters. The summed E-state index contributed by atoms with van der Waals surface area (Å²) in [6, 6.07) is 0.734. The second-order valence-electron chi connectivity index (χ2n) is 5.15. The fourth-order valence-electron chi connectivity index (χ4n) is 2.41. The van der Waals surface area contributed by atoms with Crippen LogP contribution in [0.5, 0.6) is 0 Å². The molecule has 0 radical (unpaired) electrons. The summed E-state index contributed by atoms with van der Waals surface area (Å²) in [6.45, 7) is 5.74. The maximum absolute atomic E-state index is 9.48. The molecule has 2 nitrogen and oxygen atoms in total. The van der Waals surface area contributed by atoms with Crippen molar-refractivity contribution in [1.29, 1.82) is 0 Å². The molecule has 0 bridgehead atoms. The van der Waals surface area contributed by atoms with E-state index in [2.05, 4.69) is 37.6 Å². The Balaban J connectivity index is 2.42. The Bertz CT molecular complexity index is 182. The van der Waals surface area contributed by atoms with Crippen molar-refractivity contribution < 1.29 is 5.11 Å². The van der Waals surface area contributed by atoms with E-state index in [1.165, 1.54) is 17.9 Å². The van der Waals surface area contributed by atoms with Crippen molar-refractivity contribution in [1.82, 2.24) is 4.90 Å². The van der Waals surface area contributed by atoms with Crippen molar-refractivity contribution in [2.45, 2.75) is 39.2 Å². The lowest BCUT2D eigenvalue weighted by atomic mass is 9.85. The van der Waals surface area contributed by atoms with Crippen LogP contribution < -0.4 is 0 Å². The lowest BCUT2D eigenvalue weighted by Gasteiger charge is -2.34. The molecule has 1 saturated heterocycles. The standard InChI is InChI=1S/C12H25NOS/c1-4-6-12(2,10-14)9-13(3)11-5-7-15-8-11/h11,14H,4-10H2,1-3H3. The molecule has 0 saturated carbocycles. The number of aliphatic hydroxyl groups is 1. The van der Waals surface area contributed by atoms with Crippen LogP contribution in [0, 0.1) is 5.41 Å². The molecule has 0 amide bonds. The summed E-state index contributed by atoms with van der Waals surface area (Å²) < 4.78 is 0. The van der Waals surface area contributed by atoms with E-state index in [0.29, 0.717) is 6.61 Å². The number of hydrogen-bond acceptors (Lipinski definition) is 3. The fourth-order valence-corrected chi connectivity index (χ4v) is 3.71. The number of rotatable bonds is 6. The third-order valence-electron chi connectivity index (χ3n) is 3.40. The molecule has 1 aliphatic heterocycles. The summed E-state index contributed by atoms with van der Waals surface area (Å²) in [5.41, 5.74) is 0.0940. The number of aliphatic hydroxyl groups excluding tert-OH is 1. The Morgan fingerprint density at radius 1 is 1.53 bits per heavy atom. The lowest BCUT2D eigenvalue weighted by Crippen LogP contribution is -2.41. The van der Waals surface area contributed by atoms with Crippen molar-refractivity contribution >= 4 is 11.8 Å². The third-order valence-corrected chi connectivity index (χ3v) is 4.54. The van der Waals surface area contributed by atoms with E-state index in [4.69, 9.17) is 0 Å². The van der Waals surface area contributed by atoms with Crippen LogP contribution in [0.4, 0.5) is 0 Å². The molecule has 90 valence electrons. The summed E-state index contributed by atoms with van der Waals surface area (Å²) in [6.07, 6.45) is 3.59. The Kier molecular flexibility index (Phi) is 5.44. The van der Waals surface area contributed by atoms with Crippen molar-refractivity contribution in [3.63, 3.8) is 0 Å². The van der Waals surface area contributed by atoms with Gasteiger partial charge in [-0.05, 0) is 25.6 Å². The first-order chi connectivity index (χ1) is 7.11. The highest BCUT2D eigenvalue weighted by Gasteiger charge is 2.28. The molecule has 1 N–H and O–H groups in total. The van der Waals surface area contributed by atoms with Gasteiger partial charge in [-0.3, -0.25) is 0 Å². The van der Waals surface area contributed by atoms with Crippen LogP contribution in [0.15, 0.2) is 0 Å². The van der Waals surface area contributed by atoms with Crippen molar-refractivity contribution in [3.8, 4) is 0 Å². The topological polar surface area (TPSA) is 23.5 Å². The minimum atomic E-state index is 0.0940. The van der Waals surface area contributed by atoms with E-state index in [1.807, 2.05) is 0 Å². The summed E-state index contributed by atoms with van der Waals surface area (Å²) in [4.78, 5) is 2.45. The predicted octanol–water partition coefficient (Wildman–Crippen LogP) is 2.22. The molecule has 0 aromatic rings. The van der Waals surface area contributed by atoms with E-state index in [0.717, 1.165) is 25.4 Å². The van der Waals surface area contributed by atoms with E-state index < -0.39 is 0 Å². The molecule has 2 atom stereocenters. The largest absolute Gasteiger partial charge is 0.396 e. The average molecular weight is 231 g/mol. The van der Waals surface area contributed by atoms with Gasteiger partial charge in [-0.2, -0.15) is 11.8 Å². The average Bonchev–Trinajstić information content (AvgIpc) is 2.71. The molecular weight excluding hydrogens is 206 g/mol. The Hall–Kier alpha value is 0.270. The molecule has 0 aliphatic carbocycles. The SMILES string of the molecule is CCCC(C)(CO)CN(C)C1CCSC1. The van der Waals surface area contributed by atoms with Crippen LogP contribution in [0.2, 0.25) is 0 Å². The summed E-state index contributed by atoms with van der Waals surface area (Å²) in [5.74, 6) is 2.57. The van der Waals surface area contributed by atoms with Gasteiger partial charge in [0.15, 0.2) is 0 Å². The monoisotopic (exact) mass is 231 g/mol. The van der Waals surface area contributed by atoms with Crippen LogP contribution >= 0.6 is 11.8 Å².